The normalized spacial score (nSPS) is 13.4. The van der Waals surface area contributed by atoms with Crippen molar-refractivity contribution in [1.29, 1.82) is 0 Å². The SMILES string of the molecule is C[C@H](NC(=O)CC[C@H](N)C(=O)O)C(=O)N(c1ccccc1)[C@H](C(=O)O)S(=O)(=O)Cc1ccc(-c2ccccc2)cc1. The lowest BCUT2D eigenvalue weighted by Gasteiger charge is -2.31. The minimum atomic E-state index is -4.53. The van der Waals surface area contributed by atoms with Gasteiger partial charge >= 0.3 is 11.9 Å². The van der Waals surface area contributed by atoms with E-state index < -0.39 is 56.8 Å². The maximum atomic E-state index is 13.6. The molecule has 0 aliphatic heterocycles. The van der Waals surface area contributed by atoms with Gasteiger partial charge in [-0.05, 0) is 42.2 Å². The molecule has 0 aliphatic carbocycles. The summed E-state index contributed by atoms with van der Waals surface area (Å²) in [6, 6.07) is 20.8. The molecule has 41 heavy (non-hydrogen) atoms. The standard InChI is InChI=1S/C29H31N3O8S/c1-19(31-25(33)17-16-24(30)28(35)36)26(34)32(23-10-6-3-7-11-23)27(29(37)38)41(39,40)18-20-12-14-22(15-13-20)21-8-4-2-5-9-21/h2-15,19,24,27H,16-18,30H2,1H3,(H,31,33)(H,35,36)(H,37,38)/t19-,24-,27-/m0/s1. The number of hydrogen-bond acceptors (Lipinski definition) is 7. The number of nitrogens with zero attached hydrogens (tertiary/aromatic N) is 1. The first kappa shape index (κ1) is 31.0. The van der Waals surface area contributed by atoms with E-state index in [1.807, 2.05) is 30.3 Å². The molecule has 2 amide bonds. The van der Waals surface area contributed by atoms with Crippen LogP contribution in [0.4, 0.5) is 5.69 Å². The van der Waals surface area contributed by atoms with Crippen molar-refractivity contribution < 1.29 is 37.8 Å². The highest BCUT2D eigenvalue weighted by Crippen LogP contribution is 2.25. The van der Waals surface area contributed by atoms with Crippen LogP contribution in [0.15, 0.2) is 84.9 Å². The maximum absolute atomic E-state index is 13.6. The summed E-state index contributed by atoms with van der Waals surface area (Å²) in [5.74, 6) is -5.41. The molecule has 3 aromatic carbocycles. The summed E-state index contributed by atoms with van der Waals surface area (Å²) >= 11 is 0. The fourth-order valence-corrected chi connectivity index (χ4v) is 5.79. The second kappa shape index (κ2) is 13.7. The summed E-state index contributed by atoms with van der Waals surface area (Å²) in [7, 11) is -4.53. The van der Waals surface area contributed by atoms with E-state index in [9.17, 15) is 32.7 Å². The lowest BCUT2D eigenvalue weighted by Crippen LogP contribution is -2.56. The zero-order valence-electron chi connectivity index (χ0n) is 22.2. The van der Waals surface area contributed by atoms with Crippen LogP contribution in [0.2, 0.25) is 0 Å². The molecule has 0 aromatic heterocycles. The molecule has 216 valence electrons. The van der Waals surface area contributed by atoms with E-state index in [4.69, 9.17) is 10.8 Å². The van der Waals surface area contributed by atoms with Crippen LogP contribution < -0.4 is 16.0 Å². The van der Waals surface area contributed by atoms with E-state index in [1.54, 1.807) is 30.3 Å². The molecule has 0 heterocycles. The first-order chi connectivity index (χ1) is 19.4. The third kappa shape index (κ3) is 8.22. The van der Waals surface area contributed by atoms with Crippen LogP contribution in [0, 0.1) is 0 Å². The summed E-state index contributed by atoms with van der Waals surface area (Å²) in [4.78, 5) is 49.9. The molecule has 11 nitrogen and oxygen atoms in total. The smallest absolute Gasteiger partial charge is 0.342 e. The Morgan fingerprint density at radius 2 is 1.37 bits per heavy atom. The monoisotopic (exact) mass is 581 g/mol. The van der Waals surface area contributed by atoms with Crippen molar-refractivity contribution in [2.75, 3.05) is 4.90 Å². The summed E-state index contributed by atoms with van der Waals surface area (Å²) in [5.41, 5.74) is 7.51. The zero-order valence-corrected chi connectivity index (χ0v) is 23.0. The number of carboxylic acids is 2. The highest BCUT2D eigenvalue weighted by molar-refractivity contribution is 7.92. The molecule has 0 saturated heterocycles. The lowest BCUT2D eigenvalue weighted by molar-refractivity contribution is -0.139. The van der Waals surface area contributed by atoms with Crippen molar-refractivity contribution in [2.24, 2.45) is 5.73 Å². The third-order valence-electron chi connectivity index (χ3n) is 6.23. The number of benzene rings is 3. The van der Waals surface area contributed by atoms with Crippen LogP contribution in [-0.4, -0.2) is 59.8 Å². The number of aliphatic carboxylic acids is 2. The fourth-order valence-electron chi connectivity index (χ4n) is 4.12. The van der Waals surface area contributed by atoms with Gasteiger partial charge in [-0.1, -0.05) is 72.8 Å². The minimum absolute atomic E-state index is 0.00176. The number of nitrogens with two attached hydrogens (primary N) is 1. The second-order valence-electron chi connectivity index (χ2n) is 9.38. The molecule has 0 spiro atoms. The van der Waals surface area contributed by atoms with Gasteiger partial charge in [0.15, 0.2) is 9.84 Å². The molecule has 0 unspecified atom stereocenters. The van der Waals surface area contributed by atoms with Gasteiger partial charge in [0.25, 0.3) is 5.91 Å². The van der Waals surface area contributed by atoms with Crippen molar-refractivity contribution in [3.63, 3.8) is 0 Å². The average molecular weight is 582 g/mol. The Labute approximate surface area is 237 Å². The Bertz CT molecular complexity index is 1480. The maximum Gasteiger partial charge on any atom is 0.342 e. The van der Waals surface area contributed by atoms with Gasteiger partial charge in [0, 0.05) is 12.1 Å². The molecule has 0 radical (unpaired) electrons. The van der Waals surface area contributed by atoms with Gasteiger partial charge in [0.05, 0.1) is 5.75 Å². The zero-order chi connectivity index (χ0) is 30.2. The number of anilines is 1. The Morgan fingerprint density at radius 3 is 1.90 bits per heavy atom. The van der Waals surface area contributed by atoms with Gasteiger partial charge < -0.3 is 21.3 Å². The van der Waals surface area contributed by atoms with Gasteiger partial charge in [0.2, 0.25) is 11.3 Å². The Balaban J connectivity index is 1.87. The van der Waals surface area contributed by atoms with E-state index in [0.29, 0.717) is 10.5 Å². The van der Waals surface area contributed by atoms with Crippen molar-refractivity contribution in [3.8, 4) is 11.1 Å². The average Bonchev–Trinajstić information content (AvgIpc) is 2.94. The van der Waals surface area contributed by atoms with Crippen molar-refractivity contribution >= 4 is 39.3 Å². The van der Waals surface area contributed by atoms with Gasteiger partial charge in [-0.15, -0.1) is 0 Å². The number of hydrogen-bond donors (Lipinski definition) is 4. The van der Waals surface area contributed by atoms with Crippen molar-refractivity contribution in [1.82, 2.24) is 5.32 Å². The van der Waals surface area contributed by atoms with E-state index in [-0.39, 0.29) is 18.5 Å². The summed E-state index contributed by atoms with van der Waals surface area (Å²) in [6.45, 7) is 1.28. The Hall–Kier alpha value is -4.55. The van der Waals surface area contributed by atoms with Crippen LogP contribution in [0.25, 0.3) is 11.1 Å². The Morgan fingerprint density at radius 1 is 0.829 bits per heavy atom. The fraction of sp³-hybridized carbons (Fsp3) is 0.241. The van der Waals surface area contributed by atoms with Crippen LogP contribution in [0.5, 0.6) is 0 Å². The number of amides is 2. The first-order valence-electron chi connectivity index (χ1n) is 12.7. The van der Waals surface area contributed by atoms with E-state index in [2.05, 4.69) is 5.32 Å². The molecule has 5 N–H and O–H groups in total. The molecule has 3 aromatic rings. The number of rotatable bonds is 13. The van der Waals surface area contributed by atoms with Gasteiger partial charge in [-0.25, -0.2) is 13.2 Å². The predicted octanol–water partition coefficient (Wildman–Crippen LogP) is 2.41. The summed E-state index contributed by atoms with van der Waals surface area (Å²) in [5, 5.41) is 19.1. The van der Waals surface area contributed by atoms with Crippen LogP contribution in [0.1, 0.15) is 25.3 Å². The predicted molar refractivity (Wildman–Crippen MR) is 152 cm³/mol. The molecule has 3 rings (SSSR count). The van der Waals surface area contributed by atoms with Crippen LogP contribution in [-0.2, 0) is 34.8 Å². The van der Waals surface area contributed by atoms with Crippen LogP contribution in [0.3, 0.4) is 0 Å². The molecular weight excluding hydrogens is 550 g/mol. The highest BCUT2D eigenvalue weighted by atomic mass is 32.2. The molecule has 3 atom stereocenters. The first-order valence-corrected chi connectivity index (χ1v) is 14.4. The number of sulfone groups is 1. The highest BCUT2D eigenvalue weighted by Gasteiger charge is 2.43. The van der Waals surface area contributed by atoms with Gasteiger partial charge in [0.1, 0.15) is 12.1 Å². The molecule has 0 bridgehead atoms. The van der Waals surface area contributed by atoms with Crippen molar-refractivity contribution in [2.45, 2.75) is 43.0 Å². The molecule has 0 saturated carbocycles. The largest absolute Gasteiger partial charge is 0.480 e. The van der Waals surface area contributed by atoms with Crippen molar-refractivity contribution in [3.05, 3.63) is 90.5 Å². The lowest BCUT2D eigenvalue weighted by atomic mass is 10.0. The number of carbonyl (C=O) groups excluding carboxylic acids is 2. The molecule has 0 fully saturated rings. The quantitative estimate of drug-likeness (QED) is 0.235. The Kier molecular flexibility index (Phi) is 10.3. The molecule has 12 heteroatoms. The third-order valence-corrected chi connectivity index (χ3v) is 8.06. The number of carbonyl (C=O) groups is 4. The van der Waals surface area contributed by atoms with E-state index in [0.717, 1.165) is 11.1 Å². The number of carboxylic acid groups (broad SMARTS) is 2. The summed E-state index contributed by atoms with van der Waals surface area (Å²) < 4.78 is 27.1. The molecule has 0 aliphatic rings. The van der Waals surface area contributed by atoms with E-state index in [1.165, 1.54) is 31.2 Å². The van der Waals surface area contributed by atoms with Gasteiger partial charge in [-0.3, -0.25) is 19.3 Å². The summed E-state index contributed by atoms with van der Waals surface area (Å²) in [6.07, 6.45) is -0.504. The van der Waals surface area contributed by atoms with Crippen LogP contribution >= 0.6 is 0 Å². The number of nitrogens with one attached hydrogen (secondary N) is 1. The topological polar surface area (TPSA) is 184 Å². The second-order valence-corrected chi connectivity index (χ2v) is 11.4. The van der Waals surface area contributed by atoms with E-state index >= 15 is 0 Å². The molecular formula is C29H31N3O8S. The van der Waals surface area contributed by atoms with Gasteiger partial charge in [-0.2, -0.15) is 0 Å². The minimum Gasteiger partial charge on any atom is -0.480 e. The number of para-hydroxylation sites is 1.